The van der Waals surface area contributed by atoms with Crippen molar-refractivity contribution in [1.82, 2.24) is 14.8 Å². The third kappa shape index (κ3) is 8.14. The number of alkyl halides is 3. The number of carbonyl (C=O) groups excluding carboxylic acids is 2. The van der Waals surface area contributed by atoms with E-state index in [2.05, 4.69) is 10.6 Å². The Bertz CT molecular complexity index is 1310. The smallest absolute Gasteiger partial charge is 0.386 e. The highest BCUT2D eigenvalue weighted by molar-refractivity contribution is 7.18. The van der Waals surface area contributed by atoms with Crippen LogP contribution in [0.5, 0.6) is 0 Å². The summed E-state index contributed by atoms with van der Waals surface area (Å²) in [7, 11) is 1.65. The zero-order valence-electron chi connectivity index (χ0n) is 20.2. The van der Waals surface area contributed by atoms with Crippen molar-refractivity contribution in [3.63, 3.8) is 0 Å². The standard InChI is InChI=1S/C13H14ClF3N2O2S.C12H11FN2O/c14-11-2-1-10(22-11)12(21)18-8-5-9(7-20)19(6-8)4-3-13(15,16)17;1-14-11-6-5-9(8-10(11)13)15-7-3-2-4-12(15)16/h1-2,7-9H,3-6H2,(H,18,21);2-8,14H,1H3. The Morgan fingerprint density at radius 2 is 1.97 bits per heavy atom. The lowest BCUT2D eigenvalue weighted by atomic mass is 10.2. The van der Waals surface area contributed by atoms with Gasteiger partial charge in [0.05, 0.1) is 33.1 Å². The van der Waals surface area contributed by atoms with Crippen molar-refractivity contribution in [2.45, 2.75) is 31.1 Å². The third-order valence-electron chi connectivity index (χ3n) is 5.74. The van der Waals surface area contributed by atoms with Gasteiger partial charge >= 0.3 is 6.18 Å². The van der Waals surface area contributed by atoms with Crippen LogP contribution in [0.15, 0.2) is 59.5 Å². The van der Waals surface area contributed by atoms with Crippen LogP contribution in [0.2, 0.25) is 4.34 Å². The molecule has 13 heteroatoms. The molecule has 0 bridgehead atoms. The molecule has 1 amide bonds. The van der Waals surface area contributed by atoms with Gasteiger partial charge in [0, 0.05) is 44.5 Å². The first-order valence-electron chi connectivity index (χ1n) is 11.5. The average Bonchev–Trinajstić information content (AvgIpc) is 3.48. The number of benzene rings is 1. The number of anilines is 1. The number of thiophene rings is 1. The fourth-order valence-corrected chi connectivity index (χ4v) is 4.84. The largest absolute Gasteiger partial charge is 0.390 e. The Morgan fingerprint density at radius 3 is 2.55 bits per heavy atom. The molecule has 3 aromatic rings. The molecule has 1 saturated heterocycles. The molecule has 0 spiro atoms. The Kier molecular flexibility index (Phi) is 10.1. The van der Waals surface area contributed by atoms with Gasteiger partial charge in [0.25, 0.3) is 11.5 Å². The Hall–Kier alpha value is -3.22. The maximum atomic E-state index is 13.5. The quantitative estimate of drug-likeness (QED) is 0.316. The van der Waals surface area contributed by atoms with E-state index < -0.39 is 18.6 Å². The molecule has 3 heterocycles. The Balaban J connectivity index is 0.000000221. The Labute approximate surface area is 225 Å². The third-order valence-corrected chi connectivity index (χ3v) is 6.97. The van der Waals surface area contributed by atoms with E-state index in [0.29, 0.717) is 33.3 Å². The summed E-state index contributed by atoms with van der Waals surface area (Å²) in [5, 5.41) is 5.46. The van der Waals surface area contributed by atoms with Crippen molar-refractivity contribution in [2.75, 3.05) is 25.5 Å². The van der Waals surface area contributed by atoms with Gasteiger partial charge in [-0.2, -0.15) is 13.2 Å². The van der Waals surface area contributed by atoms with E-state index in [1.54, 1.807) is 49.6 Å². The zero-order chi connectivity index (χ0) is 27.9. The SMILES string of the molecule is CNc1ccc(-n2ccccc2=O)cc1F.O=CC1CC(NC(=O)c2ccc(Cl)s2)CN1CCC(F)(F)F. The average molecular weight is 573 g/mol. The highest BCUT2D eigenvalue weighted by Gasteiger charge is 2.36. The summed E-state index contributed by atoms with van der Waals surface area (Å²) in [5.41, 5.74) is 0.744. The van der Waals surface area contributed by atoms with Crippen molar-refractivity contribution in [1.29, 1.82) is 0 Å². The number of likely N-dealkylation sites (tertiary alicyclic amines) is 1. The van der Waals surface area contributed by atoms with Gasteiger partial charge in [-0.05, 0) is 36.8 Å². The number of pyridine rings is 1. The van der Waals surface area contributed by atoms with Gasteiger partial charge in [-0.3, -0.25) is 19.1 Å². The summed E-state index contributed by atoms with van der Waals surface area (Å²) in [6, 6.07) is 11.7. The normalized spacial score (nSPS) is 17.4. The van der Waals surface area contributed by atoms with Crippen LogP contribution < -0.4 is 16.2 Å². The topological polar surface area (TPSA) is 83.4 Å². The molecular formula is C25H25ClF4N4O3S. The number of carbonyl (C=O) groups is 2. The number of hydrogen-bond acceptors (Lipinski definition) is 6. The lowest BCUT2D eigenvalue weighted by Gasteiger charge is -2.20. The minimum Gasteiger partial charge on any atom is -0.386 e. The van der Waals surface area contributed by atoms with Crippen LogP contribution in [-0.2, 0) is 4.79 Å². The summed E-state index contributed by atoms with van der Waals surface area (Å²) < 4.78 is 52.2. The summed E-state index contributed by atoms with van der Waals surface area (Å²) >= 11 is 6.87. The van der Waals surface area contributed by atoms with E-state index in [-0.39, 0.29) is 36.4 Å². The fraction of sp³-hybridized carbons (Fsp3) is 0.320. The van der Waals surface area contributed by atoms with E-state index in [9.17, 15) is 31.9 Å². The second kappa shape index (κ2) is 13.0. The van der Waals surface area contributed by atoms with E-state index >= 15 is 0 Å². The van der Waals surface area contributed by atoms with Crippen LogP contribution in [0.1, 0.15) is 22.5 Å². The Morgan fingerprint density at radius 1 is 1.21 bits per heavy atom. The predicted octanol–water partition coefficient (Wildman–Crippen LogP) is 4.74. The maximum absolute atomic E-state index is 13.5. The lowest BCUT2D eigenvalue weighted by molar-refractivity contribution is -0.139. The van der Waals surface area contributed by atoms with Gasteiger partial charge in [0.2, 0.25) is 0 Å². The summed E-state index contributed by atoms with van der Waals surface area (Å²) in [5.74, 6) is -0.708. The minimum absolute atomic E-state index is 0.181. The zero-order valence-corrected chi connectivity index (χ0v) is 21.7. The van der Waals surface area contributed by atoms with Crippen LogP contribution in [0.3, 0.4) is 0 Å². The predicted molar refractivity (Wildman–Crippen MR) is 139 cm³/mol. The molecule has 1 aliphatic heterocycles. The first-order valence-corrected chi connectivity index (χ1v) is 12.7. The van der Waals surface area contributed by atoms with Gasteiger partial charge < -0.3 is 15.4 Å². The van der Waals surface area contributed by atoms with Crippen molar-refractivity contribution in [2.24, 2.45) is 0 Å². The number of hydrogen-bond donors (Lipinski definition) is 2. The van der Waals surface area contributed by atoms with Crippen molar-refractivity contribution >= 4 is 40.8 Å². The number of halogens is 5. The molecule has 7 nitrogen and oxygen atoms in total. The van der Waals surface area contributed by atoms with E-state index in [1.165, 1.54) is 21.6 Å². The van der Waals surface area contributed by atoms with Crippen molar-refractivity contribution < 1.29 is 27.2 Å². The second-order valence-corrected chi connectivity index (χ2v) is 10.1. The van der Waals surface area contributed by atoms with Gasteiger partial charge in [-0.1, -0.05) is 17.7 Å². The number of amides is 1. The first-order chi connectivity index (χ1) is 18.0. The minimum atomic E-state index is -4.26. The molecule has 2 atom stereocenters. The lowest BCUT2D eigenvalue weighted by Crippen LogP contribution is -2.38. The molecule has 204 valence electrons. The van der Waals surface area contributed by atoms with Crippen LogP contribution in [0, 0.1) is 5.82 Å². The fourth-order valence-electron chi connectivity index (χ4n) is 3.90. The molecule has 38 heavy (non-hydrogen) atoms. The molecule has 1 aliphatic rings. The van der Waals surface area contributed by atoms with E-state index in [1.807, 2.05) is 0 Å². The second-order valence-electron chi connectivity index (χ2n) is 8.40. The summed E-state index contributed by atoms with van der Waals surface area (Å²) in [6.07, 6.45) is -2.69. The molecule has 2 aromatic heterocycles. The molecular weight excluding hydrogens is 548 g/mol. The molecule has 0 radical (unpaired) electrons. The van der Waals surface area contributed by atoms with Crippen molar-refractivity contribution in [3.8, 4) is 5.69 Å². The first kappa shape index (κ1) is 29.3. The van der Waals surface area contributed by atoms with E-state index in [4.69, 9.17) is 11.6 Å². The molecule has 1 aromatic carbocycles. The molecule has 0 saturated carbocycles. The van der Waals surface area contributed by atoms with Gasteiger partial charge in [0.15, 0.2) is 0 Å². The highest BCUT2D eigenvalue weighted by atomic mass is 35.5. The molecule has 2 N–H and O–H groups in total. The van der Waals surface area contributed by atoms with E-state index in [0.717, 1.165) is 11.3 Å². The van der Waals surface area contributed by atoms with Crippen LogP contribution >= 0.6 is 22.9 Å². The monoisotopic (exact) mass is 572 g/mol. The van der Waals surface area contributed by atoms with Crippen LogP contribution in [-0.4, -0.2) is 60.1 Å². The highest BCUT2D eigenvalue weighted by Crippen LogP contribution is 2.25. The molecule has 0 aliphatic carbocycles. The number of aromatic nitrogens is 1. The molecule has 2 unspecified atom stereocenters. The molecule has 1 fully saturated rings. The summed E-state index contributed by atoms with van der Waals surface area (Å²) in [4.78, 5) is 36.4. The van der Waals surface area contributed by atoms with Gasteiger partial charge in [-0.15, -0.1) is 11.3 Å². The number of nitrogens with zero attached hydrogens (tertiary/aromatic N) is 2. The van der Waals surface area contributed by atoms with Crippen LogP contribution in [0.25, 0.3) is 5.69 Å². The summed E-state index contributed by atoms with van der Waals surface area (Å²) in [6.45, 7) is -0.0194. The van der Waals surface area contributed by atoms with Gasteiger partial charge in [-0.25, -0.2) is 4.39 Å². The van der Waals surface area contributed by atoms with Crippen LogP contribution in [0.4, 0.5) is 23.2 Å². The van der Waals surface area contributed by atoms with Crippen molar-refractivity contribution in [3.05, 3.63) is 80.1 Å². The number of aldehydes is 1. The maximum Gasteiger partial charge on any atom is 0.390 e. The number of nitrogens with one attached hydrogen (secondary N) is 2. The number of rotatable bonds is 7. The molecule has 4 rings (SSSR count). The van der Waals surface area contributed by atoms with Gasteiger partial charge in [0.1, 0.15) is 12.1 Å².